The zero-order chi connectivity index (χ0) is 3.86. The first kappa shape index (κ1) is 4.13. The minimum atomic E-state index is 0.613. The number of hydrogen-bond donors (Lipinski definition) is 0. The molecule has 0 bridgehead atoms. The Bertz CT molecular complexity index is 40.2. The third-order valence-electron chi connectivity index (χ3n) is 1.01. The molecule has 1 aliphatic rings. The van der Waals surface area contributed by atoms with Crippen molar-refractivity contribution in [2.24, 2.45) is 0 Å². The zero-order valence-electron chi connectivity index (χ0n) is 3.56. The van der Waals surface area contributed by atoms with E-state index in [-0.39, 0.29) is 0 Å². The molecule has 1 fully saturated rings. The maximum absolute atomic E-state index is 4.98. The van der Waals surface area contributed by atoms with Crippen LogP contribution in [0.15, 0.2) is 0 Å². The van der Waals surface area contributed by atoms with Crippen LogP contribution in [0.4, 0.5) is 0 Å². The summed E-state index contributed by atoms with van der Waals surface area (Å²) in [4.78, 5) is 0. The average molecular weight is 80.1 g/mol. The Hall–Kier alpha value is 0.960. The Morgan fingerprint density at radius 3 is 2.00 bits per heavy atom. The van der Waals surface area contributed by atoms with E-state index in [1.807, 2.05) is 0 Å². The van der Waals surface area contributed by atoms with Crippen LogP contribution in [0.5, 0.6) is 0 Å². The van der Waals surface area contributed by atoms with Gasteiger partial charge in [-0.25, -0.2) is 0 Å². The SMILES string of the molecule is CC1O[CH]1[Na]. The van der Waals surface area contributed by atoms with Gasteiger partial charge in [0.2, 0.25) is 0 Å². The maximum atomic E-state index is 4.98. The normalized spacial score (nSPS) is 49.4. The summed E-state index contributed by atoms with van der Waals surface area (Å²) in [7, 11) is 0. The first-order valence-corrected chi connectivity index (χ1v) is 3.11. The van der Waals surface area contributed by atoms with Crippen molar-refractivity contribution in [2.75, 3.05) is 0 Å². The van der Waals surface area contributed by atoms with Gasteiger partial charge in [-0.1, -0.05) is 0 Å². The minimum absolute atomic E-state index is 0.613. The second-order valence-corrected chi connectivity index (χ2v) is 2.68. The van der Waals surface area contributed by atoms with Gasteiger partial charge in [-0.3, -0.25) is 0 Å². The molecule has 0 N–H and O–H groups in total. The summed E-state index contributed by atoms with van der Waals surface area (Å²) >= 11 is 1.22. The molecule has 0 aromatic rings. The van der Waals surface area contributed by atoms with Crippen molar-refractivity contribution in [1.82, 2.24) is 0 Å². The second kappa shape index (κ2) is 1.23. The third kappa shape index (κ3) is 0.897. The Morgan fingerprint density at radius 1 is 1.80 bits per heavy atom. The molecule has 0 saturated carbocycles. The van der Waals surface area contributed by atoms with Crippen LogP contribution in [0.3, 0.4) is 0 Å². The number of hydrogen-bond acceptors (Lipinski definition) is 1. The first-order valence-electron chi connectivity index (χ1n) is 1.96. The molecule has 2 unspecified atom stereocenters. The Labute approximate surface area is 49.1 Å². The van der Waals surface area contributed by atoms with Crippen LogP contribution >= 0.6 is 0 Å². The van der Waals surface area contributed by atoms with Gasteiger partial charge in [0.05, 0.1) is 0 Å². The average Bonchev–Trinajstić information content (AvgIpc) is 1.79. The summed E-state index contributed by atoms with van der Waals surface area (Å²) in [6.45, 7) is 2.11. The molecule has 0 amide bonds. The quantitative estimate of drug-likeness (QED) is 0.292. The molecule has 0 aromatic carbocycles. The monoisotopic (exact) mass is 80.0 g/mol. The molecule has 1 nitrogen and oxygen atoms in total. The van der Waals surface area contributed by atoms with E-state index in [0.29, 0.717) is 9.46 Å². The molecule has 1 saturated heterocycles. The molecule has 2 heteroatoms. The molecule has 0 radical (unpaired) electrons. The van der Waals surface area contributed by atoms with Crippen molar-refractivity contribution in [3.05, 3.63) is 0 Å². The zero-order valence-corrected chi connectivity index (χ0v) is 5.56. The molecule has 0 spiro atoms. The summed E-state index contributed by atoms with van der Waals surface area (Å²) < 4.78 is 5.67. The Balaban J connectivity index is 2.20. The van der Waals surface area contributed by atoms with Crippen molar-refractivity contribution in [1.29, 1.82) is 0 Å². The first-order chi connectivity index (χ1) is 2.30. The summed E-state index contributed by atoms with van der Waals surface area (Å²) in [5, 5.41) is 0. The molecular formula is C3H5NaO. The molecule has 0 aromatic heterocycles. The van der Waals surface area contributed by atoms with Crippen LogP contribution in [0.25, 0.3) is 0 Å². The van der Waals surface area contributed by atoms with E-state index in [9.17, 15) is 0 Å². The summed E-state index contributed by atoms with van der Waals surface area (Å²) in [6.07, 6.45) is 0.613. The molecule has 1 aliphatic heterocycles. The van der Waals surface area contributed by atoms with Crippen LogP contribution in [0.1, 0.15) is 6.92 Å². The van der Waals surface area contributed by atoms with Crippen molar-refractivity contribution < 1.29 is 4.74 Å². The molecule has 5 heavy (non-hydrogen) atoms. The van der Waals surface area contributed by atoms with Crippen LogP contribution in [-0.4, -0.2) is 37.4 Å². The van der Waals surface area contributed by atoms with Gasteiger partial charge in [0, 0.05) is 0 Å². The topological polar surface area (TPSA) is 12.5 Å². The van der Waals surface area contributed by atoms with Crippen LogP contribution in [-0.2, 0) is 4.74 Å². The van der Waals surface area contributed by atoms with Gasteiger partial charge < -0.3 is 0 Å². The van der Waals surface area contributed by atoms with E-state index in [0.717, 1.165) is 0 Å². The van der Waals surface area contributed by atoms with Gasteiger partial charge in [0.25, 0.3) is 0 Å². The van der Waals surface area contributed by atoms with E-state index in [4.69, 9.17) is 4.74 Å². The Kier molecular flexibility index (Phi) is 1.01. The fourth-order valence-corrected chi connectivity index (χ4v) is 0.723. The molecule has 24 valence electrons. The van der Waals surface area contributed by atoms with Crippen LogP contribution < -0.4 is 0 Å². The summed E-state index contributed by atoms with van der Waals surface area (Å²) in [5.74, 6) is 0. The van der Waals surface area contributed by atoms with Gasteiger partial charge in [-0.2, -0.15) is 0 Å². The third-order valence-corrected chi connectivity index (χ3v) is 2.22. The van der Waals surface area contributed by atoms with Crippen LogP contribution in [0, 0.1) is 0 Å². The number of ether oxygens (including phenoxy) is 1. The van der Waals surface area contributed by atoms with E-state index < -0.39 is 0 Å². The van der Waals surface area contributed by atoms with E-state index in [1.54, 1.807) is 0 Å². The van der Waals surface area contributed by atoms with Crippen molar-refractivity contribution >= 4 is 27.9 Å². The van der Waals surface area contributed by atoms with E-state index in [2.05, 4.69) is 6.92 Å². The predicted molar refractivity (Wildman–Crippen MR) is 20.1 cm³/mol. The van der Waals surface area contributed by atoms with Crippen molar-refractivity contribution in [3.63, 3.8) is 0 Å². The van der Waals surface area contributed by atoms with Gasteiger partial charge in [0.15, 0.2) is 0 Å². The predicted octanol–water partition coefficient (Wildman–Crippen LogP) is -0.100. The van der Waals surface area contributed by atoms with Crippen molar-refractivity contribution in [2.45, 2.75) is 16.4 Å². The van der Waals surface area contributed by atoms with E-state index in [1.165, 1.54) is 27.9 Å². The molecule has 1 heterocycles. The van der Waals surface area contributed by atoms with Crippen LogP contribution in [0.2, 0.25) is 0 Å². The van der Waals surface area contributed by atoms with Gasteiger partial charge in [-0.05, 0) is 0 Å². The van der Waals surface area contributed by atoms with E-state index >= 15 is 0 Å². The van der Waals surface area contributed by atoms with Gasteiger partial charge in [0.1, 0.15) is 0 Å². The molecule has 0 aliphatic carbocycles. The standard InChI is InChI=1S/C3H5O.Na/c1-3-2-4-3;/h2-3H,1H3;. The van der Waals surface area contributed by atoms with Gasteiger partial charge in [-0.15, -0.1) is 0 Å². The summed E-state index contributed by atoms with van der Waals surface area (Å²) in [6, 6.07) is 0. The Morgan fingerprint density at radius 2 is 2.00 bits per heavy atom. The number of epoxide rings is 1. The molecular weight excluding hydrogens is 75.0 g/mol. The summed E-state index contributed by atoms with van der Waals surface area (Å²) in [5.41, 5.74) is 0. The molecule has 2 atom stereocenters. The molecule has 1 rings (SSSR count). The fraction of sp³-hybridized carbons (Fsp3) is 1.00. The fourth-order valence-electron chi connectivity index (χ4n) is 0.293. The van der Waals surface area contributed by atoms with Crippen molar-refractivity contribution in [3.8, 4) is 0 Å². The number of rotatable bonds is 0. The second-order valence-electron chi connectivity index (χ2n) is 1.55. The van der Waals surface area contributed by atoms with Gasteiger partial charge >= 0.3 is 49.0 Å².